The molecule has 100 valence electrons. The zero-order valence-corrected chi connectivity index (χ0v) is 13.0. The molecular formula is C14H14BrNO2S. The number of aryl methyl sites for hydroxylation is 2. The highest BCUT2D eigenvalue weighted by Crippen LogP contribution is 2.23. The first-order valence-corrected chi connectivity index (χ1v) is 8.02. The van der Waals surface area contributed by atoms with Gasteiger partial charge in [-0.15, -0.1) is 0 Å². The Morgan fingerprint density at radius 3 is 2.21 bits per heavy atom. The van der Waals surface area contributed by atoms with Crippen molar-refractivity contribution in [2.75, 3.05) is 4.72 Å². The van der Waals surface area contributed by atoms with E-state index in [0.29, 0.717) is 5.69 Å². The zero-order valence-electron chi connectivity index (χ0n) is 10.6. The Hall–Kier alpha value is -1.33. The van der Waals surface area contributed by atoms with Crippen LogP contribution in [-0.4, -0.2) is 8.42 Å². The summed E-state index contributed by atoms with van der Waals surface area (Å²) in [5.41, 5.74) is 2.62. The van der Waals surface area contributed by atoms with Gasteiger partial charge in [0.05, 0.1) is 4.90 Å². The number of nitrogens with one attached hydrogen (secondary N) is 1. The Morgan fingerprint density at radius 2 is 1.63 bits per heavy atom. The van der Waals surface area contributed by atoms with Crippen molar-refractivity contribution in [3.8, 4) is 0 Å². The standard InChI is InChI=1S/C14H14BrNO2S/c1-10-3-7-13(8-4-10)19(17,18)16-12-6-5-11(2)14(15)9-12/h3-9,16H,1-2H3. The molecule has 2 aromatic rings. The lowest BCUT2D eigenvalue weighted by Crippen LogP contribution is -2.12. The van der Waals surface area contributed by atoms with E-state index in [9.17, 15) is 8.42 Å². The van der Waals surface area contributed by atoms with Crippen LogP contribution in [0.5, 0.6) is 0 Å². The molecule has 0 radical (unpaired) electrons. The van der Waals surface area contributed by atoms with Crippen molar-refractivity contribution in [2.45, 2.75) is 18.7 Å². The van der Waals surface area contributed by atoms with Crippen LogP contribution in [0.1, 0.15) is 11.1 Å². The Balaban J connectivity index is 2.30. The van der Waals surface area contributed by atoms with Crippen LogP contribution < -0.4 is 4.72 Å². The molecule has 0 fully saturated rings. The minimum absolute atomic E-state index is 0.259. The highest BCUT2D eigenvalue weighted by molar-refractivity contribution is 9.10. The van der Waals surface area contributed by atoms with Gasteiger partial charge in [0.1, 0.15) is 0 Å². The molecule has 19 heavy (non-hydrogen) atoms. The third-order valence-corrected chi connectivity index (χ3v) is 5.01. The van der Waals surface area contributed by atoms with Crippen LogP contribution in [0.2, 0.25) is 0 Å². The van der Waals surface area contributed by atoms with Gasteiger partial charge >= 0.3 is 0 Å². The van der Waals surface area contributed by atoms with E-state index in [2.05, 4.69) is 20.7 Å². The van der Waals surface area contributed by atoms with Gasteiger partial charge < -0.3 is 0 Å². The van der Waals surface area contributed by atoms with Crippen molar-refractivity contribution >= 4 is 31.6 Å². The minimum Gasteiger partial charge on any atom is -0.280 e. The molecule has 0 saturated heterocycles. The van der Waals surface area contributed by atoms with E-state index in [0.717, 1.165) is 15.6 Å². The van der Waals surface area contributed by atoms with Crippen molar-refractivity contribution in [1.29, 1.82) is 0 Å². The topological polar surface area (TPSA) is 46.2 Å². The van der Waals surface area contributed by atoms with E-state index in [-0.39, 0.29) is 4.90 Å². The van der Waals surface area contributed by atoms with Crippen molar-refractivity contribution in [3.05, 3.63) is 58.1 Å². The molecule has 0 aliphatic carbocycles. The lowest BCUT2D eigenvalue weighted by atomic mass is 10.2. The molecule has 0 aliphatic rings. The van der Waals surface area contributed by atoms with Crippen LogP contribution in [0.25, 0.3) is 0 Å². The first-order chi connectivity index (χ1) is 8.88. The summed E-state index contributed by atoms with van der Waals surface area (Å²) >= 11 is 3.38. The number of benzene rings is 2. The van der Waals surface area contributed by atoms with Gasteiger partial charge in [-0.05, 0) is 43.7 Å². The number of halogens is 1. The monoisotopic (exact) mass is 339 g/mol. The van der Waals surface area contributed by atoms with Gasteiger partial charge in [-0.3, -0.25) is 4.72 Å². The molecular weight excluding hydrogens is 326 g/mol. The number of rotatable bonds is 3. The molecule has 0 spiro atoms. The Morgan fingerprint density at radius 1 is 1.00 bits per heavy atom. The van der Waals surface area contributed by atoms with Crippen LogP contribution in [0, 0.1) is 13.8 Å². The average molecular weight is 340 g/mol. The average Bonchev–Trinajstić information content (AvgIpc) is 2.34. The van der Waals surface area contributed by atoms with Crippen LogP contribution in [0.4, 0.5) is 5.69 Å². The molecule has 1 N–H and O–H groups in total. The molecule has 0 aromatic heterocycles. The van der Waals surface area contributed by atoms with Gasteiger partial charge in [-0.1, -0.05) is 39.7 Å². The van der Waals surface area contributed by atoms with Gasteiger partial charge in [-0.25, -0.2) is 8.42 Å². The number of hydrogen-bond donors (Lipinski definition) is 1. The molecule has 3 nitrogen and oxygen atoms in total. The summed E-state index contributed by atoms with van der Waals surface area (Å²) in [6.07, 6.45) is 0. The maximum atomic E-state index is 12.2. The van der Waals surface area contributed by atoms with Crippen molar-refractivity contribution in [1.82, 2.24) is 0 Å². The van der Waals surface area contributed by atoms with E-state index in [1.165, 1.54) is 0 Å². The molecule has 0 heterocycles. The number of anilines is 1. The molecule has 2 rings (SSSR count). The molecule has 0 aliphatic heterocycles. The minimum atomic E-state index is -3.53. The molecule has 2 aromatic carbocycles. The Bertz CT molecular complexity index is 694. The maximum Gasteiger partial charge on any atom is 0.261 e. The molecule has 0 unspecified atom stereocenters. The summed E-state index contributed by atoms with van der Waals surface area (Å²) in [6, 6.07) is 12.1. The third kappa shape index (κ3) is 3.36. The maximum absolute atomic E-state index is 12.2. The smallest absolute Gasteiger partial charge is 0.261 e. The van der Waals surface area contributed by atoms with E-state index < -0.39 is 10.0 Å². The fourth-order valence-electron chi connectivity index (χ4n) is 1.59. The third-order valence-electron chi connectivity index (χ3n) is 2.76. The lowest BCUT2D eigenvalue weighted by molar-refractivity contribution is 0.601. The number of hydrogen-bond acceptors (Lipinski definition) is 2. The Kier molecular flexibility index (Phi) is 3.96. The molecule has 0 amide bonds. The fraction of sp³-hybridized carbons (Fsp3) is 0.143. The van der Waals surface area contributed by atoms with Crippen molar-refractivity contribution in [3.63, 3.8) is 0 Å². The van der Waals surface area contributed by atoms with Crippen molar-refractivity contribution < 1.29 is 8.42 Å². The summed E-state index contributed by atoms with van der Waals surface area (Å²) in [4.78, 5) is 0.259. The summed E-state index contributed by atoms with van der Waals surface area (Å²) in [5.74, 6) is 0. The summed E-state index contributed by atoms with van der Waals surface area (Å²) < 4.78 is 27.8. The largest absolute Gasteiger partial charge is 0.280 e. The van der Waals surface area contributed by atoms with Gasteiger partial charge in [0.15, 0.2) is 0 Å². The predicted octanol–water partition coefficient (Wildman–Crippen LogP) is 3.87. The van der Waals surface area contributed by atoms with E-state index >= 15 is 0 Å². The fourth-order valence-corrected chi connectivity index (χ4v) is 3.02. The second-order valence-corrected chi connectivity index (χ2v) is 6.92. The number of sulfonamides is 1. The molecule has 0 atom stereocenters. The van der Waals surface area contributed by atoms with Crippen LogP contribution in [-0.2, 0) is 10.0 Å². The second kappa shape index (κ2) is 5.35. The van der Waals surface area contributed by atoms with Gasteiger partial charge in [0, 0.05) is 10.2 Å². The second-order valence-electron chi connectivity index (χ2n) is 4.38. The quantitative estimate of drug-likeness (QED) is 0.922. The normalized spacial score (nSPS) is 11.3. The first-order valence-electron chi connectivity index (χ1n) is 5.74. The molecule has 5 heteroatoms. The highest BCUT2D eigenvalue weighted by Gasteiger charge is 2.13. The lowest BCUT2D eigenvalue weighted by Gasteiger charge is -2.09. The Labute approximate surface area is 121 Å². The van der Waals surface area contributed by atoms with Crippen LogP contribution in [0.3, 0.4) is 0 Å². The summed E-state index contributed by atoms with van der Waals surface area (Å²) in [5, 5.41) is 0. The van der Waals surface area contributed by atoms with Crippen LogP contribution in [0.15, 0.2) is 51.8 Å². The van der Waals surface area contributed by atoms with Crippen molar-refractivity contribution in [2.24, 2.45) is 0 Å². The summed E-state index contributed by atoms with van der Waals surface area (Å²) in [6.45, 7) is 3.86. The van der Waals surface area contributed by atoms with E-state index in [1.807, 2.05) is 19.9 Å². The zero-order chi connectivity index (χ0) is 14.0. The first kappa shape index (κ1) is 14.1. The summed E-state index contributed by atoms with van der Waals surface area (Å²) in [7, 11) is -3.53. The van der Waals surface area contributed by atoms with Gasteiger partial charge in [0.25, 0.3) is 10.0 Å². The molecule has 0 bridgehead atoms. The molecule has 0 saturated carbocycles. The SMILES string of the molecule is Cc1ccc(S(=O)(=O)Nc2ccc(C)c(Br)c2)cc1. The van der Waals surface area contributed by atoms with Gasteiger partial charge in [0.2, 0.25) is 0 Å². The van der Waals surface area contributed by atoms with Gasteiger partial charge in [-0.2, -0.15) is 0 Å². The predicted molar refractivity (Wildman–Crippen MR) is 80.9 cm³/mol. The van der Waals surface area contributed by atoms with Crippen LogP contribution >= 0.6 is 15.9 Å². The highest BCUT2D eigenvalue weighted by atomic mass is 79.9. The van der Waals surface area contributed by atoms with E-state index in [1.54, 1.807) is 36.4 Å². The van der Waals surface area contributed by atoms with E-state index in [4.69, 9.17) is 0 Å².